The molecule has 3 aromatic heterocycles. The maximum absolute atomic E-state index is 11.5. The number of carbonyl (C=O) groups is 1. The van der Waals surface area contributed by atoms with Crippen molar-refractivity contribution in [1.82, 2.24) is 24.8 Å². The molecule has 0 bridgehead atoms. The van der Waals surface area contributed by atoms with Crippen LogP contribution in [0.15, 0.2) is 96.1 Å². The second-order valence-corrected chi connectivity index (χ2v) is 15.7. The lowest BCUT2D eigenvalue weighted by Crippen LogP contribution is -2.47. The molecule has 15 nitrogen and oxygen atoms in total. The summed E-state index contributed by atoms with van der Waals surface area (Å²) >= 11 is 0. The van der Waals surface area contributed by atoms with E-state index in [0.29, 0.717) is 6.61 Å². The number of ether oxygens (including phenoxy) is 2. The number of anilines is 3. The van der Waals surface area contributed by atoms with Crippen LogP contribution >= 0.6 is 0 Å². The number of hydrogen-bond acceptors (Lipinski definition) is 13. The molecule has 1 N–H and O–H groups in total. The predicted octanol–water partition coefficient (Wildman–Crippen LogP) is 6.24. The smallest absolute Gasteiger partial charge is 0.270 e. The number of nitro benzene ring substituents is 1. The van der Waals surface area contributed by atoms with Gasteiger partial charge < -0.3 is 24.6 Å². The van der Waals surface area contributed by atoms with Crippen molar-refractivity contribution in [3.05, 3.63) is 118 Å². The van der Waals surface area contributed by atoms with Crippen molar-refractivity contribution in [1.29, 1.82) is 0 Å². The predicted molar refractivity (Wildman–Crippen MR) is 238 cm³/mol. The second-order valence-electron chi connectivity index (χ2n) is 15.7. The van der Waals surface area contributed by atoms with Crippen molar-refractivity contribution < 1.29 is 19.2 Å². The third-order valence-electron chi connectivity index (χ3n) is 11.7. The van der Waals surface area contributed by atoms with Crippen molar-refractivity contribution in [2.75, 3.05) is 93.8 Å². The summed E-state index contributed by atoms with van der Waals surface area (Å²) in [5, 5.41) is 15.7. The number of rotatable bonds is 9. The highest BCUT2D eigenvalue weighted by Gasteiger charge is 2.22. The van der Waals surface area contributed by atoms with Crippen LogP contribution in [0.5, 0.6) is 11.5 Å². The number of fused-ring (bicyclic) bond motifs is 4. The molecule has 0 unspecified atom stereocenters. The SMILES string of the molecule is Cc1ccc2c(N3CCN(CCc4ccc5c(c4)N=CCO5)CC3)ccnc2n1.O=C1COc2ccc(CCN3CCN(c4ccc5cc([N+](=O)[O-])ccc5n4)CC3)cc2N1. The molecule has 0 spiro atoms. The first-order valence-corrected chi connectivity index (χ1v) is 20.9. The van der Waals surface area contributed by atoms with Crippen LogP contribution < -0.4 is 24.6 Å². The number of aryl methyl sites for hydroxylation is 1. The molecule has 15 heteroatoms. The van der Waals surface area contributed by atoms with E-state index in [4.69, 9.17) is 14.5 Å². The molecule has 0 atom stereocenters. The second kappa shape index (κ2) is 17.9. The number of nitrogens with zero attached hydrogens (tertiary/aromatic N) is 9. The number of aliphatic imine (C=N–C) groups is 1. The number of piperazine rings is 2. The van der Waals surface area contributed by atoms with Gasteiger partial charge in [-0.1, -0.05) is 12.1 Å². The van der Waals surface area contributed by atoms with Gasteiger partial charge in [0, 0.05) is 112 Å². The van der Waals surface area contributed by atoms with Crippen molar-refractivity contribution in [3.8, 4) is 11.5 Å². The van der Waals surface area contributed by atoms with E-state index in [1.54, 1.807) is 12.1 Å². The zero-order valence-electron chi connectivity index (χ0n) is 34.2. The quantitative estimate of drug-likeness (QED) is 0.130. The number of aromatic nitrogens is 3. The first kappa shape index (κ1) is 39.7. The molecule has 7 heterocycles. The minimum atomic E-state index is -0.388. The van der Waals surface area contributed by atoms with Gasteiger partial charge >= 0.3 is 0 Å². The van der Waals surface area contributed by atoms with Gasteiger partial charge in [0.25, 0.3) is 11.6 Å². The fraction of sp³-hybridized carbons (Fsp3) is 0.326. The summed E-state index contributed by atoms with van der Waals surface area (Å²) in [6, 6.07) is 27.2. The number of nitro groups is 1. The molecule has 0 aliphatic carbocycles. The number of pyridine rings is 3. The van der Waals surface area contributed by atoms with E-state index in [2.05, 4.69) is 76.3 Å². The monoisotopic (exact) mass is 820 g/mol. The average molecular weight is 821 g/mol. The highest BCUT2D eigenvalue weighted by atomic mass is 16.6. The lowest BCUT2D eigenvalue weighted by atomic mass is 10.1. The van der Waals surface area contributed by atoms with Crippen molar-refractivity contribution in [2.45, 2.75) is 19.8 Å². The minimum Gasteiger partial charge on any atom is -0.486 e. The maximum atomic E-state index is 11.5. The number of hydrogen-bond donors (Lipinski definition) is 1. The Morgan fingerprint density at radius 1 is 0.754 bits per heavy atom. The van der Waals surface area contributed by atoms with Crippen molar-refractivity contribution in [2.24, 2.45) is 4.99 Å². The number of carbonyl (C=O) groups excluding carboxylic acids is 1. The van der Waals surface area contributed by atoms with E-state index in [9.17, 15) is 14.9 Å². The fourth-order valence-electron chi connectivity index (χ4n) is 8.25. The third kappa shape index (κ3) is 9.37. The van der Waals surface area contributed by atoms with Crippen LogP contribution in [0, 0.1) is 17.0 Å². The summed E-state index contributed by atoms with van der Waals surface area (Å²) in [7, 11) is 0. The van der Waals surface area contributed by atoms with Crippen molar-refractivity contribution in [3.63, 3.8) is 0 Å². The van der Waals surface area contributed by atoms with Crippen LogP contribution in [-0.4, -0.2) is 120 Å². The highest BCUT2D eigenvalue weighted by Crippen LogP contribution is 2.32. The summed E-state index contributed by atoms with van der Waals surface area (Å²) in [6.07, 6.45) is 5.63. The first-order valence-electron chi connectivity index (χ1n) is 20.9. The number of amides is 1. The molecule has 2 fully saturated rings. The van der Waals surface area contributed by atoms with Gasteiger partial charge in [0.2, 0.25) is 0 Å². The van der Waals surface area contributed by atoms with E-state index in [1.165, 1.54) is 22.9 Å². The standard InChI is InChI=1S/C23H23N5O4.C23H25N5O/c29-23-15-32-21-5-1-16(13-20(21)25-23)7-8-26-9-11-27(12-10-26)22-6-2-17-14-18(28(30)31)3-4-19(17)24-22;1-17-2-4-19-21(6-8-25-23(19)26-17)28-13-11-27(12-14-28)10-7-18-3-5-22-20(16-18)24-9-15-29-22/h1-6,13-14H,7-12,15H2,(H,25,29);2-6,8-9,16H,7,10-15H2,1H3. The lowest BCUT2D eigenvalue weighted by Gasteiger charge is -2.36. The van der Waals surface area contributed by atoms with E-state index in [0.717, 1.165) is 135 Å². The Hall–Kier alpha value is -6.71. The molecule has 3 aromatic carbocycles. The molecule has 61 heavy (non-hydrogen) atoms. The molecule has 2 saturated heterocycles. The number of non-ortho nitro benzene ring substituents is 1. The Labute approximate surface area is 353 Å². The van der Waals surface area contributed by atoms with Gasteiger partial charge in [-0.2, -0.15) is 0 Å². The zero-order chi connectivity index (χ0) is 41.7. The molecule has 1 amide bonds. The van der Waals surface area contributed by atoms with Crippen molar-refractivity contribution >= 4 is 62.6 Å². The van der Waals surface area contributed by atoms with E-state index >= 15 is 0 Å². The molecule has 10 rings (SSSR count). The Balaban J connectivity index is 0.000000157. The van der Waals surface area contributed by atoms with Crippen LogP contribution in [0.25, 0.3) is 21.9 Å². The summed E-state index contributed by atoms with van der Waals surface area (Å²) in [6.45, 7) is 12.4. The van der Waals surface area contributed by atoms with Crippen LogP contribution in [0.3, 0.4) is 0 Å². The number of nitrogens with one attached hydrogen (secondary N) is 1. The normalized spacial score (nSPS) is 16.5. The summed E-state index contributed by atoms with van der Waals surface area (Å²) in [4.78, 5) is 49.9. The van der Waals surface area contributed by atoms with E-state index in [1.807, 2.05) is 49.7 Å². The molecular formula is C46H48N10O5. The van der Waals surface area contributed by atoms with Crippen LogP contribution in [-0.2, 0) is 17.6 Å². The van der Waals surface area contributed by atoms with Crippen LogP contribution in [0.4, 0.5) is 28.6 Å². The molecule has 6 aromatic rings. The number of benzene rings is 3. The Kier molecular flexibility index (Phi) is 11.6. The van der Waals surface area contributed by atoms with Gasteiger partial charge in [0.05, 0.1) is 16.1 Å². The zero-order valence-corrected chi connectivity index (χ0v) is 34.2. The molecule has 4 aliphatic rings. The molecule has 4 aliphatic heterocycles. The molecule has 0 radical (unpaired) electrons. The average Bonchev–Trinajstić information content (AvgIpc) is 3.30. The highest BCUT2D eigenvalue weighted by molar-refractivity contribution is 5.95. The summed E-state index contributed by atoms with van der Waals surface area (Å²) in [5.41, 5.74) is 8.11. The third-order valence-corrected chi connectivity index (χ3v) is 11.7. The molecule has 312 valence electrons. The van der Waals surface area contributed by atoms with Gasteiger partial charge in [-0.3, -0.25) is 29.7 Å². The minimum absolute atomic E-state index is 0.0720. The van der Waals surface area contributed by atoms with Gasteiger partial charge in [-0.05, 0) is 91.6 Å². The molecule has 0 saturated carbocycles. The fourth-order valence-corrected chi connectivity index (χ4v) is 8.25. The first-order chi connectivity index (χ1) is 29.8. The van der Waals surface area contributed by atoms with Crippen LogP contribution in [0.1, 0.15) is 16.8 Å². The van der Waals surface area contributed by atoms with Gasteiger partial charge in [-0.15, -0.1) is 0 Å². The Bertz CT molecular complexity index is 2600. The van der Waals surface area contributed by atoms with E-state index in [-0.39, 0.29) is 23.1 Å². The van der Waals surface area contributed by atoms with Gasteiger partial charge in [-0.25, -0.2) is 15.0 Å². The van der Waals surface area contributed by atoms with Crippen LogP contribution in [0.2, 0.25) is 0 Å². The molecular weight excluding hydrogens is 773 g/mol. The van der Waals surface area contributed by atoms with Gasteiger partial charge in [0.15, 0.2) is 12.3 Å². The summed E-state index contributed by atoms with van der Waals surface area (Å²) < 4.78 is 11.0. The topological polar surface area (TPSA) is 155 Å². The lowest BCUT2D eigenvalue weighted by molar-refractivity contribution is -0.384. The summed E-state index contributed by atoms with van der Waals surface area (Å²) in [5.74, 6) is 2.39. The van der Waals surface area contributed by atoms with E-state index < -0.39 is 0 Å². The van der Waals surface area contributed by atoms with Gasteiger partial charge in [0.1, 0.15) is 29.6 Å². The Morgan fingerprint density at radius 3 is 2.26 bits per heavy atom. The largest absolute Gasteiger partial charge is 0.486 e. The Morgan fingerprint density at radius 2 is 1.49 bits per heavy atom. The maximum Gasteiger partial charge on any atom is 0.270 e.